The fourth-order valence-electron chi connectivity index (χ4n) is 2.00. The fraction of sp³-hybridized carbons (Fsp3) is 0.467. The third-order valence-electron chi connectivity index (χ3n) is 3.26. The topological polar surface area (TPSA) is 62.1 Å². The van der Waals surface area contributed by atoms with E-state index < -0.39 is 11.5 Å². The fourth-order valence-corrected chi connectivity index (χ4v) is 2.00. The molecule has 1 N–H and O–H groups in total. The highest BCUT2D eigenvalue weighted by atomic mass is 16.5. The molecule has 0 bridgehead atoms. The lowest BCUT2D eigenvalue weighted by atomic mass is 9.73. The molecule has 102 valence electrons. The third-order valence-corrected chi connectivity index (χ3v) is 3.26. The quantitative estimate of drug-likeness (QED) is 0.885. The molecule has 1 amide bonds. The van der Waals surface area contributed by atoms with Gasteiger partial charge in [0.2, 0.25) is 0 Å². The number of nitrogens with one attached hydrogen (secondary N) is 1. The summed E-state index contributed by atoms with van der Waals surface area (Å²) >= 11 is 0. The van der Waals surface area contributed by atoms with E-state index >= 15 is 0 Å². The average molecular weight is 260 g/mol. The van der Waals surface area contributed by atoms with Crippen LogP contribution in [0.25, 0.3) is 0 Å². The van der Waals surface area contributed by atoms with Gasteiger partial charge in [-0.3, -0.25) is 0 Å². The second-order valence-electron chi connectivity index (χ2n) is 4.68. The Morgan fingerprint density at radius 3 is 2.53 bits per heavy atom. The summed E-state index contributed by atoms with van der Waals surface area (Å²) in [4.78, 5) is 11.4. The molecular weight excluding hydrogens is 240 g/mol. The zero-order valence-electron chi connectivity index (χ0n) is 11.6. The van der Waals surface area contributed by atoms with Gasteiger partial charge in [-0.1, -0.05) is 44.2 Å². The van der Waals surface area contributed by atoms with Gasteiger partial charge in [0.15, 0.2) is 0 Å². The van der Waals surface area contributed by atoms with Crippen molar-refractivity contribution in [3.8, 4) is 6.07 Å². The molecule has 0 radical (unpaired) electrons. The zero-order valence-corrected chi connectivity index (χ0v) is 11.6. The Kier molecular flexibility index (Phi) is 5.37. The average Bonchev–Trinajstić information content (AvgIpc) is 2.41. The monoisotopic (exact) mass is 260 g/mol. The lowest BCUT2D eigenvalue weighted by Gasteiger charge is -2.31. The van der Waals surface area contributed by atoms with E-state index in [9.17, 15) is 10.1 Å². The number of hydrogen-bond acceptors (Lipinski definition) is 3. The molecule has 0 aliphatic heterocycles. The Morgan fingerprint density at radius 2 is 2.05 bits per heavy atom. The van der Waals surface area contributed by atoms with Gasteiger partial charge in [-0.05, 0) is 18.4 Å². The molecule has 0 heterocycles. The van der Waals surface area contributed by atoms with E-state index in [1.807, 2.05) is 44.2 Å². The van der Waals surface area contributed by atoms with Gasteiger partial charge in [0, 0.05) is 6.54 Å². The first-order valence-corrected chi connectivity index (χ1v) is 6.44. The number of rotatable bonds is 5. The SMILES string of the molecule is CCOC(=O)NCC(C#N)(c1ccccc1)C(C)C. The maximum absolute atomic E-state index is 11.4. The van der Waals surface area contributed by atoms with Crippen molar-refractivity contribution in [2.24, 2.45) is 5.92 Å². The van der Waals surface area contributed by atoms with Gasteiger partial charge in [-0.25, -0.2) is 4.79 Å². The van der Waals surface area contributed by atoms with E-state index in [0.29, 0.717) is 6.61 Å². The van der Waals surface area contributed by atoms with Crippen molar-refractivity contribution >= 4 is 6.09 Å². The molecular formula is C15H20N2O2. The summed E-state index contributed by atoms with van der Waals surface area (Å²) in [6.07, 6.45) is -0.487. The minimum atomic E-state index is -0.742. The highest BCUT2D eigenvalue weighted by molar-refractivity contribution is 5.67. The standard InChI is InChI=1S/C15H20N2O2/c1-4-19-14(18)17-11-15(10-16,12(2)3)13-8-6-5-7-9-13/h5-9,12H,4,11H2,1-3H3,(H,17,18). The molecule has 0 fully saturated rings. The summed E-state index contributed by atoms with van der Waals surface area (Å²) in [6.45, 7) is 6.26. The number of nitriles is 1. The van der Waals surface area contributed by atoms with Crippen molar-refractivity contribution < 1.29 is 9.53 Å². The van der Waals surface area contributed by atoms with Gasteiger partial charge in [-0.15, -0.1) is 0 Å². The van der Waals surface area contributed by atoms with Crippen LogP contribution >= 0.6 is 0 Å². The van der Waals surface area contributed by atoms with E-state index in [1.54, 1.807) is 6.92 Å². The number of ether oxygens (including phenoxy) is 1. The molecule has 1 aromatic rings. The number of carbonyl (C=O) groups is 1. The molecule has 4 nitrogen and oxygen atoms in total. The highest BCUT2D eigenvalue weighted by Gasteiger charge is 2.36. The molecule has 0 saturated carbocycles. The Morgan fingerprint density at radius 1 is 1.42 bits per heavy atom. The molecule has 0 spiro atoms. The molecule has 1 atom stereocenters. The van der Waals surface area contributed by atoms with E-state index in [2.05, 4.69) is 11.4 Å². The summed E-state index contributed by atoms with van der Waals surface area (Å²) in [7, 11) is 0. The van der Waals surface area contributed by atoms with Crippen molar-refractivity contribution in [2.45, 2.75) is 26.2 Å². The third kappa shape index (κ3) is 3.47. The summed E-state index contributed by atoms with van der Waals surface area (Å²) in [5.41, 5.74) is 0.165. The predicted octanol–water partition coefficient (Wildman–Crippen LogP) is 2.85. The van der Waals surface area contributed by atoms with Crippen LogP contribution in [0.15, 0.2) is 30.3 Å². The lowest BCUT2D eigenvalue weighted by Crippen LogP contribution is -2.43. The maximum atomic E-state index is 11.4. The van der Waals surface area contributed by atoms with Crippen LogP contribution in [-0.2, 0) is 10.2 Å². The Bertz CT molecular complexity index is 451. The molecule has 0 aliphatic carbocycles. The molecule has 1 aromatic carbocycles. The zero-order chi connectivity index (χ0) is 14.3. The van der Waals surface area contributed by atoms with E-state index in [0.717, 1.165) is 5.56 Å². The molecule has 0 aromatic heterocycles. The van der Waals surface area contributed by atoms with E-state index in [1.165, 1.54) is 0 Å². The van der Waals surface area contributed by atoms with Crippen molar-refractivity contribution in [3.05, 3.63) is 35.9 Å². The van der Waals surface area contributed by atoms with Crippen molar-refractivity contribution in [2.75, 3.05) is 13.2 Å². The minimum Gasteiger partial charge on any atom is -0.450 e. The van der Waals surface area contributed by atoms with Gasteiger partial charge in [0.1, 0.15) is 5.41 Å². The van der Waals surface area contributed by atoms with Crippen LogP contribution in [0.1, 0.15) is 26.3 Å². The van der Waals surface area contributed by atoms with Gasteiger partial charge in [-0.2, -0.15) is 5.26 Å². The molecule has 0 aliphatic rings. The first kappa shape index (κ1) is 15.0. The molecule has 0 saturated heterocycles. The predicted molar refractivity (Wildman–Crippen MR) is 73.6 cm³/mol. The molecule has 1 rings (SSSR count). The van der Waals surface area contributed by atoms with Crippen molar-refractivity contribution in [1.82, 2.24) is 5.32 Å². The van der Waals surface area contributed by atoms with Gasteiger partial charge in [0.05, 0.1) is 12.7 Å². The largest absolute Gasteiger partial charge is 0.450 e. The first-order valence-electron chi connectivity index (χ1n) is 6.44. The number of nitrogens with zero attached hydrogens (tertiary/aromatic N) is 1. The van der Waals surface area contributed by atoms with Crippen LogP contribution < -0.4 is 5.32 Å². The highest BCUT2D eigenvalue weighted by Crippen LogP contribution is 2.31. The number of amides is 1. The smallest absolute Gasteiger partial charge is 0.407 e. The maximum Gasteiger partial charge on any atom is 0.407 e. The summed E-state index contributed by atoms with van der Waals surface area (Å²) in [6, 6.07) is 11.9. The molecule has 19 heavy (non-hydrogen) atoms. The minimum absolute atomic E-state index is 0.0711. The molecule has 1 unspecified atom stereocenters. The van der Waals surface area contributed by atoms with Gasteiger partial charge < -0.3 is 10.1 Å². The second-order valence-corrected chi connectivity index (χ2v) is 4.68. The summed E-state index contributed by atoms with van der Waals surface area (Å²) in [5.74, 6) is 0.0711. The second kappa shape index (κ2) is 6.79. The van der Waals surface area contributed by atoms with Crippen LogP contribution in [0, 0.1) is 17.2 Å². The number of carbonyl (C=O) groups excluding carboxylic acids is 1. The van der Waals surface area contributed by atoms with Crippen molar-refractivity contribution in [1.29, 1.82) is 5.26 Å². The van der Waals surface area contributed by atoms with Crippen LogP contribution in [0.3, 0.4) is 0 Å². The Labute approximate surface area is 114 Å². The number of benzene rings is 1. The van der Waals surface area contributed by atoms with Crippen molar-refractivity contribution in [3.63, 3.8) is 0 Å². The lowest BCUT2D eigenvalue weighted by molar-refractivity contribution is 0.149. The molecule has 4 heteroatoms. The van der Waals surface area contributed by atoms with E-state index in [-0.39, 0.29) is 12.5 Å². The summed E-state index contributed by atoms with van der Waals surface area (Å²) < 4.78 is 4.84. The van der Waals surface area contributed by atoms with Crippen LogP contribution in [0.2, 0.25) is 0 Å². The Balaban J connectivity index is 2.96. The normalized spacial score (nSPS) is 13.4. The first-order chi connectivity index (χ1) is 9.06. The number of alkyl carbamates (subject to hydrolysis) is 1. The van der Waals surface area contributed by atoms with Crippen LogP contribution in [-0.4, -0.2) is 19.2 Å². The summed E-state index contributed by atoms with van der Waals surface area (Å²) in [5, 5.41) is 12.3. The number of hydrogen-bond donors (Lipinski definition) is 1. The Hall–Kier alpha value is -2.02. The van der Waals surface area contributed by atoms with Gasteiger partial charge in [0.25, 0.3) is 0 Å². The van der Waals surface area contributed by atoms with Crippen LogP contribution in [0.5, 0.6) is 0 Å². The van der Waals surface area contributed by atoms with Crippen LogP contribution in [0.4, 0.5) is 4.79 Å². The van der Waals surface area contributed by atoms with Gasteiger partial charge >= 0.3 is 6.09 Å². The van der Waals surface area contributed by atoms with E-state index in [4.69, 9.17) is 4.74 Å².